The number of amides is 1. The number of carbonyl (C=O) groups excluding carboxylic acids is 1. The summed E-state index contributed by atoms with van der Waals surface area (Å²) < 4.78 is 39.6. The topological polar surface area (TPSA) is 59.8 Å². The maximum atomic E-state index is 12.9. The summed E-state index contributed by atoms with van der Waals surface area (Å²) in [6, 6.07) is 10.6. The molecule has 0 saturated heterocycles. The monoisotopic (exact) mass is 306 g/mol. The largest absolute Gasteiger partial charge is 0.418 e. The highest BCUT2D eigenvalue weighted by molar-refractivity contribution is 5.96. The van der Waals surface area contributed by atoms with E-state index in [-0.39, 0.29) is 5.69 Å². The molecule has 0 bridgehead atoms. The standard InChI is InChI=1S/C14H9F3N4O/c15-14(16,17)9-5-1-2-6-10(9)18-13(22)21-12-8-4-3-7-11(12)19-20-21/h1-8H,(H,18,22). The minimum Gasteiger partial charge on any atom is -0.305 e. The van der Waals surface area contributed by atoms with Crippen LogP contribution in [0, 0.1) is 0 Å². The molecule has 1 aromatic heterocycles. The van der Waals surface area contributed by atoms with Crippen LogP contribution in [0.3, 0.4) is 0 Å². The summed E-state index contributed by atoms with van der Waals surface area (Å²) in [5.41, 5.74) is -0.376. The number of nitrogens with zero attached hydrogens (tertiary/aromatic N) is 3. The molecule has 0 aliphatic heterocycles. The zero-order chi connectivity index (χ0) is 15.7. The number of hydrogen-bond donors (Lipinski definition) is 1. The lowest BCUT2D eigenvalue weighted by Gasteiger charge is -2.13. The number of aromatic nitrogens is 3. The molecule has 0 saturated carbocycles. The number of rotatable bonds is 1. The lowest BCUT2D eigenvalue weighted by atomic mass is 10.1. The number of para-hydroxylation sites is 2. The Balaban J connectivity index is 1.96. The lowest BCUT2D eigenvalue weighted by molar-refractivity contribution is -0.136. The van der Waals surface area contributed by atoms with Crippen LogP contribution in [0.5, 0.6) is 0 Å². The molecule has 0 aliphatic rings. The molecule has 2 aromatic carbocycles. The van der Waals surface area contributed by atoms with E-state index in [0.717, 1.165) is 10.7 Å². The second-order valence-electron chi connectivity index (χ2n) is 4.46. The van der Waals surface area contributed by atoms with Crippen molar-refractivity contribution in [1.82, 2.24) is 15.0 Å². The van der Waals surface area contributed by atoms with Crippen molar-refractivity contribution in [2.24, 2.45) is 0 Å². The predicted molar refractivity (Wildman–Crippen MR) is 73.4 cm³/mol. The van der Waals surface area contributed by atoms with E-state index in [1.54, 1.807) is 24.3 Å². The third-order valence-electron chi connectivity index (χ3n) is 3.02. The van der Waals surface area contributed by atoms with Crippen molar-refractivity contribution >= 4 is 22.8 Å². The Labute approximate surface area is 122 Å². The van der Waals surface area contributed by atoms with Gasteiger partial charge in [0.05, 0.1) is 16.8 Å². The Morgan fingerprint density at radius 3 is 2.50 bits per heavy atom. The van der Waals surface area contributed by atoms with Gasteiger partial charge in [-0.05, 0) is 24.3 Å². The van der Waals surface area contributed by atoms with Crippen LogP contribution in [-0.2, 0) is 6.18 Å². The van der Waals surface area contributed by atoms with Gasteiger partial charge in [-0.25, -0.2) is 4.79 Å². The van der Waals surface area contributed by atoms with Gasteiger partial charge in [0.15, 0.2) is 0 Å². The molecule has 5 nitrogen and oxygen atoms in total. The molecule has 8 heteroatoms. The highest BCUT2D eigenvalue weighted by Gasteiger charge is 2.33. The van der Waals surface area contributed by atoms with Gasteiger partial charge in [0.2, 0.25) is 0 Å². The van der Waals surface area contributed by atoms with Crippen LogP contribution in [0.2, 0.25) is 0 Å². The van der Waals surface area contributed by atoms with Gasteiger partial charge in [0.25, 0.3) is 0 Å². The summed E-state index contributed by atoms with van der Waals surface area (Å²) in [6.07, 6.45) is -4.56. The van der Waals surface area contributed by atoms with Gasteiger partial charge in [-0.3, -0.25) is 0 Å². The molecule has 1 heterocycles. The third kappa shape index (κ3) is 2.50. The molecular weight excluding hydrogens is 297 g/mol. The minimum absolute atomic E-state index is 0.334. The van der Waals surface area contributed by atoms with Crippen LogP contribution in [0.1, 0.15) is 5.56 Å². The number of nitrogens with one attached hydrogen (secondary N) is 1. The average Bonchev–Trinajstić information content (AvgIpc) is 2.90. The highest BCUT2D eigenvalue weighted by atomic mass is 19.4. The molecule has 0 unspecified atom stereocenters. The molecule has 0 radical (unpaired) electrons. The van der Waals surface area contributed by atoms with Crippen LogP contribution in [0.15, 0.2) is 48.5 Å². The number of benzene rings is 2. The molecule has 0 atom stereocenters. The van der Waals surface area contributed by atoms with Crippen molar-refractivity contribution < 1.29 is 18.0 Å². The first kappa shape index (κ1) is 14.1. The van der Waals surface area contributed by atoms with Crippen molar-refractivity contribution in [1.29, 1.82) is 0 Å². The molecule has 3 aromatic rings. The number of halogens is 3. The highest BCUT2D eigenvalue weighted by Crippen LogP contribution is 2.34. The molecule has 0 spiro atoms. The van der Waals surface area contributed by atoms with Crippen LogP contribution >= 0.6 is 0 Å². The maximum absolute atomic E-state index is 12.9. The summed E-state index contributed by atoms with van der Waals surface area (Å²) >= 11 is 0. The van der Waals surface area contributed by atoms with E-state index >= 15 is 0 Å². The minimum atomic E-state index is -4.56. The molecule has 0 aliphatic carbocycles. The van der Waals surface area contributed by atoms with Gasteiger partial charge >= 0.3 is 12.2 Å². The number of carbonyl (C=O) groups is 1. The Kier molecular flexibility index (Phi) is 3.28. The van der Waals surface area contributed by atoms with Gasteiger partial charge < -0.3 is 5.32 Å². The number of hydrogen-bond acceptors (Lipinski definition) is 3. The van der Waals surface area contributed by atoms with Crippen molar-refractivity contribution in [2.45, 2.75) is 6.18 Å². The van der Waals surface area contributed by atoms with Gasteiger partial charge in [-0.1, -0.05) is 29.5 Å². The van der Waals surface area contributed by atoms with E-state index < -0.39 is 17.8 Å². The lowest BCUT2D eigenvalue weighted by Crippen LogP contribution is -2.22. The van der Waals surface area contributed by atoms with Crippen LogP contribution in [0.25, 0.3) is 11.0 Å². The first-order chi connectivity index (χ1) is 10.5. The predicted octanol–water partition coefficient (Wildman–Crippen LogP) is 3.53. The Bertz CT molecular complexity index is 841. The van der Waals surface area contributed by atoms with Crippen LogP contribution in [-0.4, -0.2) is 21.0 Å². The number of fused-ring (bicyclic) bond motifs is 1. The summed E-state index contributed by atoms with van der Waals surface area (Å²) in [6.45, 7) is 0. The number of anilines is 1. The third-order valence-corrected chi connectivity index (χ3v) is 3.02. The summed E-state index contributed by atoms with van der Waals surface area (Å²) in [4.78, 5) is 12.2. The van der Waals surface area contributed by atoms with E-state index in [0.29, 0.717) is 11.0 Å². The van der Waals surface area contributed by atoms with Crippen molar-refractivity contribution in [3.05, 3.63) is 54.1 Å². The summed E-state index contributed by atoms with van der Waals surface area (Å²) in [5.74, 6) is 0. The van der Waals surface area contributed by atoms with Gasteiger partial charge in [-0.15, -0.1) is 5.10 Å². The van der Waals surface area contributed by atoms with Gasteiger partial charge in [0.1, 0.15) is 5.52 Å². The van der Waals surface area contributed by atoms with E-state index in [9.17, 15) is 18.0 Å². The first-order valence-electron chi connectivity index (χ1n) is 6.25. The fourth-order valence-corrected chi connectivity index (χ4v) is 2.03. The molecule has 3 rings (SSSR count). The van der Waals surface area contributed by atoms with E-state index in [2.05, 4.69) is 15.6 Å². The maximum Gasteiger partial charge on any atom is 0.418 e. The van der Waals surface area contributed by atoms with Crippen LogP contribution < -0.4 is 5.32 Å². The van der Waals surface area contributed by atoms with Gasteiger partial charge in [0, 0.05) is 0 Å². The fraction of sp³-hybridized carbons (Fsp3) is 0.0714. The van der Waals surface area contributed by atoms with Crippen molar-refractivity contribution in [2.75, 3.05) is 5.32 Å². The quantitative estimate of drug-likeness (QED) is 0.748. The molecule has 22 heavy (non-hydrogen) atoms. The molecule has 1 amide bonds. The molecule has 0 fully saturated rings. The summed E-state index contributed by atoms with van der Waals surface area (Å²) in [7, 11) is 0. The first-order valence-corrected chi connectivity index (χ1v) is 6.25. The smallest absolute Gasteiger partial charge is 0.305 e. The second kappa shape index (κ2) is 5.14. The second-order valence-corrected chi connectivity index (χ2v) is 4.46. The van der Waals surface area contributed by atoms with E-state index in [1.807, 2.05) is 0 Å². The summed E-state index contributed by atoms with van der Waals surface area (Å²) in [5, 5.41) is 9.65. The molecule has 1 N–H and O–H groups in total. The van der Waals surface area contributed by atoms with E-state index in [4.69, 9.17) is 0 Å². The zero-order valence-electron chi connectivity index (χ0n) is 11.0. The normalized spacial score (nSPS) is 11.6. The Hall–Kier alpha value is -2.90. The van der Waals surface area contributed by atoms with E-state index in [1.165, 1.54) is 18.2 Å². The van der Waals surface area contributed by atoms with Crippen molar-refractivity contribution in [3.63, 3.8) is 0 Å². The van der Waals surface area contributed by atoms with Crippen LogP contribution in [0.4, 0.5) is 23.7 Å². The zero-order valence-corrected chi connectivity index (χ0v) is 11.0. The Morgan fingerprint density at radius 1 is 1.05 bits per heavy atom. The molecule has 112 valence electrons. The average molecular weight is 306 g/mol. The number of alkyl halides is 3. The van der Waals surface area contributed by atoms with Gasteiger partial charge in [-0.2, -0.15) is 17.9 Å². The SMILES string of the molecule is O=C(Nc1ccccc1C(F)(F)F)n1nnc2ccccc21. The Morgan fingerprint density at radius 2 is 1.73 bits per heavy atom. The fourth-order valence-electron chi connectivity index (χ4n) is 2.03. The molecular formula is C14H9F3N4O. The van der Waals surface area contributed by atoms with Crippen molar-refractivity contribution in [3.8, 4) is 0 Å².